The van der Waals surface area contributed by atoms with E-state index in [0.29, 0.717) is 25.5 Å². The Bertz CT molecular complexity index is 368. The Kier molecular flexibility index (Phi) is 2.30. The molecule has 1 aliphatic heterocycles. The average molecular weight is 207 g/mol. The molecule has 1 aromatic heterocycles. The van der Waals surface area contributed by atoms with Crippen LogP contribution >= 0.6 is 0 Å². The summed E-state index contributed by atoms with van der Waals surface area (Å²) in [5, 5.41) is 9.07. The van der Waals surface area contributed by atoms with Crippen molar-refractivity contribution in [2.24, 2.45) is 5.41 Å². The van der Waals surface area contributed by atoms with E-state index in [1.807, 2.05) is 4.90 Å². The SMILES string of the molecule is CC1(C(=O)O)CCN(c2ncccn2)C1. The van der Waals surface area contributed by atoms with Crippen molar-refractivity contribution in [3.05, 3.63) is 18.5 Å². The lowest BCUT2D eigenvalue weighted by Gasteiger charge is -2.19. The first kappa shape index (κ1) is 9.89. The van der Waals surface area contributed by atoms with Gasteiger partial charge in [0.1, 0.15) is 0 Å². The summed E-state index contributed by atoms with van der Waals surface area (Å²) in [6, 6.07) is 1.75. The van der Waals surface area contributed by atoms with E-state index in [1.54, 1.807) is 25.4 Å². The summed E-state index contributed by atoms with van der Waals surface area (Å²) >= 11 is 0. The van der Waals surface area contributed by atoms with Crippen molar-refractivity contribution in [3.8, 4) is 0 Å². The molecular weight excluding hydrogens is 194 g/mol. The van der Waals surface area contributed by atoms with E-state index in [-0.39, 0.29) is 0 Å². The number of nitrogens with zero attached hydrogens (tertiary/aromatic N) is 3. The summed E-state index contributed by atoms with van der Waals surface area (Å²) in [5.41, 5.74) is -0.667. The molecule has 0 aliphatic carbocycles. The third kappa shape index (κ3) is 1.77. The number of anilines is 1. The van der Waals surface area contributed by atoms with Crippen LogP contribution in [0.3, 0.4) is 0 Å². The summed E-state index contributed by atoms with van der Waals surface area (Å²) in [4.78, 5) is 21.2. The lowest BCUT2D eigenvalue weighted by atomic mass is 9.90. The Morgan fingerprint density at radius 2 is 2.20 bits per heavy atom. The fourth-order valence-electron chi connectivity index (χ4n) is 1.76. The summed E-state index contributed by atoms with van der Waals surface area (Å²) < 4.78 is 0. The third-order valence-electron chi connectivity index (χ3n) is 2.82. The largest absolute Gasteiger partial charge is 0.481 e. The predicted octanol–water partition coefficient (Wildman–Crippen LogP) is 0.778. The van der Waals surface area contributed by atoms with Gasteiger partial charge in [0.05, 0.1) is 5.41 Å². The van der Waals surface area contributed by atoms with Crippen LogP contribution in [0.2, 0.25) is 0 Å². The molecule has 2 rings (SSSR count). The number of carboxylic acids is 1. The van der Waals surface area contributed by atoms with Gasteiger partial charge in [0, 0.05) is 25.5 Å². The molecule has 0 amide bonds. The molecule has 0 spiro atoms. The standard InChI is InChI=1S/C10H13N3O2/c1-10(8(14)15)3-6-13(7-10)9-11-4-2-5-12-9/h2,4-5H,3,6-7H2,1H3,(H,14,15). The fraction of sp³-hybridized carbons (Fsp3) is 0.500. The maximum absolute atomic E-state index is 11.0. The summed E-state index contributed by atoms with van der Waals surface area (Å²) in [5.74, 6) is -0.136. The second-order valence-electron chi connectivity index (χ2n) is 4.09. The van der Waals surface area contributed by atoms with Crippen molar-refractivity contribution in [2.45, 2.75) is 13.3 Å². The van der Waals surface area contributed by atoms with Gasteiger partial charge < -0.3 is 10.0 Å². The van der Waals surface area contributed by atoms with E-state index in [9.17, 15) is 4.79 Å². The van der Waals surface area contributed by atoms with E-state index in [0.717, 1.165) is 0 Å². The molecule has 1 saturated heterocycles. The summed E-state index contributed by atoms with van der Waals surface area (Å²) in [7, 11) is 0. The minimum atomic E-state index is -0.749. The molecule has 0 bridgehead atoms. The first-order valence-corrected chi connectivity index (χ1v) is 4.87. The third-order valence-corrected chi connectivity index (χ3v) is 2.82. The number of aromatic nitrogens is 2. The molecule has 1 N–H and O–H groups in total. The molecule has 1 atom stereocenters. The second-order valence-corrected chi connectivity index (χ2v) is 4.09. The van der Waals surface area contributed by atoms with Crippen LogP contribution in [0.15, 0.2) is 18.5 Å². The van der Waals surface area contributed by atoms with Gasteiger partial charge in [-0.25, -0.2) is 9.97 Å². The van der Waals surface area contributed by atoms with E-state index < -0.39 is 11.4 Å². The Morgan fingerprint density at radius 3 is 2.73 bits per heavy atom. The van der Waals surface area contributed by atoms with Crippen LogP contribution < -0.4 is 4.90 Å². The van der Waals surface area contributed by atoms with Crippen LogP contribution in [0.5, 0.6) is 0 Å². The van der Waals surface area contributed by atoms with Crippen LogP contribution in [0, 0.1) is 5.41 Å². The normalized spacial score (nSPS) is 25.5. The molecule has 5 nitrogen and oxygen atoms in total. The maximum Gasteiger partial charge on any atom is 0.311 e. The molecule has 0 saturated carbocycles. The molecule has 1 aromatic rings. The average Bonchev–Trinajstić information content (AvgIpc) is 2.64. The number of aliphatic carboxylic acids is 1. The second kappa shape index (κ2) is 3.49. The van der Waals surface area contributed by atoms with Gasteiger partial charge in [0.15, 0.2) is 0 Å². The van der Waals surface area contributed by atoms with Gasteiger partial charge in [-0.1, -0.05) is 0 Å². The van der Waals surface area contributed by atoms with Crippen molar-refractivity contribution < 1.29 is 9.90 Å². The van der Waals surface area contributed by atoms with Crippen LogP contribution in [-0.4, -0.2) is 34.1 Å². The zero-order valence-corrected chi connectivity index (χ0v) is 8.55. The summed E-state index contributed by atoms with van der Waals surface area (Å²) in [6.45, 7) is 2.94. The van der Waals surface area contributed by atoms with Crippen molar-refractivity contribution >= 4 is 11.9 Å². The molecule has 80 valence electrons. The first-order valence-electron chi connectivity index (χ1n) is 4.87. The van der Waals surface area contributed by atoms with Gasteiger partial charge in [0.25, 0.3) is 0 Å². The predicted molar refractivity (Wildman–Crippen MR) is 54.6 cm³/mol. The van der Waals surface area contributed by atoms with Gasteiger partial charge in [0.2, 0.25) is 5.95 Å². The molecule has 1 fully saturated rings. The highest BCUT2D eigenvalue weighted by Crippen LogP contribution is 2.31. The van der Waals surface area contributed by atoms with E-state index in [2.05, 4.69) is 9.97 Å². The maximum atomic E-state index is 11.0. The molecule has 1 unspecified atom stereocenters. The van der Waals surface area contributed by atoms with Crippen LogP contribution in [0.4, 0.5) is 5.95 Å². The number of rotatable bonds is 2. The van der Waals surface area contributed by atoms with E-state index >= 15 is 0 Å². The topological polar surface area (TPSA) is 66.3 Å². The van der Waals surface area contributed by atoms with E-state index in [4.69, 9.17) is 5.11 Å². The number of carboxylic acid groups (broad SMARTS) is 1. The highest BCUT2D eigenvalue weighted by molar-refractivity contribution is 5.76. The molecule has 2 heterocycles. The minimum Gasteiger partial charge on any atom is -0.481 e. The highest BCUT2D eigenvalue weighted by atomic mass is 16.4. The molecule has 0 aromatic carbocycles. The van der Waals surface area contributed by atoms with Crippen LogP contribution in [0.25, 0.3) is 0 Å². The number of carbonyl (C=O) groups is 1. The van der Waals surface area contributed by atoms with Crippen LogP contribution in [0.1, 0.15) is 13.3 Å². The fourth-order valence-corrected chi connectivity index (χ4v) is 1.76. The van der Waals surface area contributed by atoms with E-state index in [1.165, 1.54) is 0 Å². The van der Waals surface area contributed by atoms with Crippen LogP contribution in [-0.2, 0) is 4.79 Å². The van der Waals surface area contributed by atoms with Crippen molar-refractivity contribution in [1.29, 1.82) is 0 Å². The molecule has 5 heteroatoms. The van der Waals surface area contributed by atoms with Crippen molar-refractivity contribution in [1.82, 2.24) is 9.97 Å². The van der Waals surface area contributed by atoms with Crippen molar-refractivity contribution in [2.75, 3.05) is 18.0 Å². The van der Waals surface area contributed by atoms with Gasteiger partial charge in [-0.3, -0.25) is 4.79 Å². The highest BCUT2D eigenvalue weighted by Gasteiger charge is 2.41. The lowest BCUT2D eigenvalue weighted by molar-refractivity contribution is -0.146. The van der Waals surface area contributed by atoms with Crippen molar-refractivity contribution in [3.63, 3.8) is 0 Å². The number of hydrogen-bond donors (Lipinski definition) is 1. The molecule has 0 radical (unpaired) electrons. The molecule has 1 aliphatic rings. The first-order chi connectivity index (χ1) is 7.12. The van der Waals surface area contributed by atoms with Gasteiger partial charge in [-0.2, -0.15) is 0 Å². The molecule has 15 heavy (non-hydrogen) atoms. The van der Waals surface area contributed by atoms with Gasteiger partial charge >= 0.3 is 5.97 Å². The minimum absolute atomic E-state index is 0.479. The Morgan fingerprint density at radius 1 is 1.53 bits per heavy atom. The summed E-state index contributed by atoms with van der Waals surface area (Å²) in [6.07, 6.45) is 3.97. The Labute approximate surface area is 87.8 Å². The quantitative estimate of drug-likeness (QED) is 0.776. The Balaban J connectivity index is 2.14. The lowest BCUT2D eigenvalue weighted by Crippen LogP contribution is -2.32. The number of hydrogen-bond acceptors (Lipinski definition) is 4. The molecular formula is C10H13N3O2. The monoisotopic (exact) mass is 207 g/mol. The smallest absolute Gasteiger partial charge is 0.311 e. The zero-order valence-electron chi connectivity index (χ0n) is 8.55. The zero-order chi connectivity index (χ0) is 10.9. The Hall–Kier alpha value is -1.65. The van der Waals surface area contributed by atoms with Gasteiger partial charge in [-0.15, -0.1) is 0 Å². The van der Waals surface area contributed by atoms with Gasteiger partial charge in [-0.05, 0) is 19.4 Å².